The van der Waals surface area contributed by atoms with Crippen molar-refractivity contribution in [1.82, 2.24) is 5.32 Å². The Bertz CT molecular complexity index is 619. The number of hydrogen-bond donors (Lipinski definition) is 1. The van der Waals surface area contributed by atoms with Crippen LogP contribution in [0.5, 0.6) is 0 Å². The number of anilines is 1. The largest absolute Gasteiger partial charge is 0.385 e. The SMILES string of the molecule is COCCCNC(=O)CN(c1ccc(C)c(Br)c1)S(C)(=O)=O. The van der Waals surface area contributed by atoms with Crippen LogP contribution in [-0.2, 0) is 19.6 Å². The lowest BCUT2D eigenvalue weighted by Crippen LogP contribution is -2.40. The molecule has 0 aliphatic rings. The second kappa shape index (κ2) is 8.50. The first-order valence-electron chi connectivity index (χ1n) is 6.75. The maximum atomic E-state index is 12.0. The molecule has 0 radical (unpaired) electrons. The molecule has 0 aromatic heterocycles. The highest BCUT2D eigenvalue weighted by molar-refractivity contribution is 9.10. The molecule has 1 aromatic carbocycles. The van der Waals surface area contributed by atoms with E-state index >= 15 is 0 Å². The molecule has 6 nitrogen and oxygen atoms in total. The highest BCUT2D eigenvalue weighted by Crippen LogP contribution is 2.25. The summed E-state index contributed by atoms with van der Waals surface area (Å²) in [5.41, 5.74) is 1.44. The quantitative estimate of drug-likeness (QED) is 0.682. The van der Waals surface area contributed by atoms with E-state index in [9.17, 15) is 13.2 Å². The van der Waals surface area contributed by atoms with Crippen molar-refractivity contribution in [3.05, 3.63) is 28.2 Å². The molecule has 0 spiro atoms. The molecular formula is C14H21BrN2O4S. The lowest BCUT2D eigenvalue weighted by Gasteiger charge is -2.22. The normalized spacial score (nSPS) is 11.3. The molecule has 0 saturated carbocycles. The highest BCUT2D eigenvalue weighted by atomic mass is 79.9. The number of aryl methyl sites for hydroxylation is 1. The number of amides is 1. The van der Waals surface area contributed by atoms with Gasteiger partial charge in [0.05, 0.1) is 11.9 Å². The van der Waals surface area contributed by atoms with Crippen molar-refractivity contribution in [3.8, 4) is 0 Å². The monoisotopic (exact) mass is 392 g/mol. The number of nitrogens with zero attached hydrogens (tertiary/aromatic N) is 1. The van der Waals surface area contributed by atoms with E-state index in [0.29, 0.717) is 25.3 Å². The van der Waals surface area contributed by atoms with Crippen LogP contribution in [0.4, 0.5) is 5.69 Å². The van der Waals surface area contributed by atoms with E-state index in [1.165, 1.54) is 0 Å². The van der Waals surface area contributed by atoms with Gasteiger partial charge in [-0.05, 0) is 31.0 Å². The van der Waals surface area contributed by atoms with Gasteiger partial charge in [-0.3, -0.25) is 9.10 Å². The first-order valence-corrected chi connectivity index (χ1v) is 9.39. The van der Waals surface area contributed by atoms with E-state index in [4.69, 9.17) is 4.74 Å². The van der Waals surface area contributed by atoms with Gasteiger partial charge >= 0.3 is 0 Å². The van der Waals surface area contributed by atoms with Crippen LogP contribution in [0.3, 0.4) is 0 Å². The van der Waals surface area contributed by atoms with E-state index < -0.39 is 10.0 Å². The lowest BCUT2D eigenvalue weighted by molar-refractivity contribution is -0.119. The number of rotatable bonds is 8. The summed E-state index contributed by atoms with van der Waals surface area (Å²) in [6.07, 6.45) is 1.76. The van der Waals surface area contributed by atoms with Crippen LogP contribution >= 0.6 is 15.9 Å². The average Bonchev–Trinajstić information content (AvgIpc) is 2.43. The van der Waals surface area contributed by atoms with Gasteiger partial charge in [0.2, 0.25) is 15.9 Å². The third-order valence-electron chi connectivity index (χ3n) is 2.98. The fourth-order valence-corrected chi connectivity index (χ4v) is 2.98. The second-order valence-electron chi connectivity index (χ2n) is 4.90. The Morgan fingerprint density at radius 2 is 2.09 bits per heavy atom. The van der Waals surface area contributed by atoms with Crippen molar-refractivity contribution in [2.24, 2.45) is 0 Å². The van der Waals surface area contributed by atoms with Crippen LogP contribution in [0.15, 0.2) is 22.7 Å². The van der Waals surface area contributed by atoms with Gasteiger partial charge < -0.3 is 10.1 Å². The minimum absolute atomic E-state index is 0.249. The Morgan fingerprint density at radius 1 is 1.41 bits per heavy atom. The van der Waals surface area contributed by atoms with Crippen LogP contribution in [0, 0.1) is 6.92 Å². The molecular weight excluding hydrogens is 372 g/mol. The van der Waals surface area contributed by atoms with Crippen LogP contribution in [0.2, 0.25) is 0 Å². The third kappa shape index (κ3) is 5.94. The number of methoxy groups -OCH3 is 1. The molecule has 0 fully saturated rings. The number of benzene rings is 1. The Balaban J connectivity index is 2.82. The molecule has 0 saturated heterocycles. The third-order valence-corrected chi connectivity index (χ3v) is 4.97. The summed E-state index contributed by atoms with van der Waals surface area (Å²) in [5.74, 6) is -0.349. The molecule has 124 valence electrons. The van der Waals surface area contributed by atoms with Crippen LogP contribution in [-0.4, -0.2) is 47.4 Å². The molecule has 0 atom stereocenters. The van der Waals surface area contributed by atoms with Crippen molar-refractivity contribution < 1.29 is 17.9 Å². The minimum atomic E-state index is -3.55. The summed E-state index contributed by atoms with van der Waals surface area (Å²) < 4.78 is 30.7. The van der Waals surface area contributed by atoms with Crippen molar-refractivity contribution in [3.63, 3.8) is 0 Å². The van der Waals surface area contributed by atoms with Gasteiger partial charge in [-0.2, -0.15) is 0 Å². The summed E-state index contributed by atoms with van der Waals surface area (Å²) in [7, 11) is -1.97. The highest BCUT2D eigenvalue weighted by Gasteiger charge is 2.21. The van der Waals surface area contributed by atoms with Crippen LogP contribution in [0.1, 0.15) is 12.0 Å². The predicted molar refractivity (Wildman–Crippen MR) is 90.6 cm³/mol. The van der Waals surface area contributed by atoms with Crippen LogP contribution < -0.4 is 9.62 Å². The van der Waals surface area contributed by atoms with E-state index in [1.807, 2.05) is 6.92 Å². The molecule has 0 unspecified atom stereocenters. The Hall–Kier alpha value is -1.12. The van der Waals surface area contributed by atoms with Crippen LogP contribution in [0.25, 0.3) is 0 Å². The number of hydrogen-bond acceptors (Lipinski definition) is 4. The van der Waals surface area contributed by atoms with Crippen molar-refractivity contribution in [2.75, 3.05) is 37.4 Å². The fourth-order valence-electron chi connectivity index (χ4n) is 1.77. The van der Waals surface area contributed by atoms with E-state index in [1.54, 1.807) is 25.3 Å². The van der Waals surface area contributed by atoms with Gasteiger partial charge in [-0.25, -0.2) is 8.42 Å². The maximum absolute atomic E-state index is 12.0. The summed E-state index contributed by atoms with van der Waals surface area (Å²) in [5, 5.41) is 2.68. The Labute approximate surface area is 140 Å². The average molecular weight is 393 g/mol. The number of sulfonamides is 1. The lowest BCUT2D eigenvalue weighted by atomic mass is 10.2. The molecule has 0 heterocycles. The summed E-state index contributed by atoms with van der Waals surface area (Å²) in [6, 6.07) is 5.17. The molecule has 1 amide bonds. The molecule has 0 bridgehead atoms. The molecule has 8 heteroatoms. The smallest absolute Gasteiger partial charge is 0.240 e. The topological polar surface area (TPSA) is 75.7 Å². The number of halogens is 1. The van der Waals surface area contributed by atoms with Gasteiger partial charge in [0.15, 0.2) is 0 Å². The predicted octanol–water partition coefficient (Wildman–Crippen LogP) is 1.68. The molecule has 1 rings (SSSR count). The summed E-state index contributed by atoms with van der Waals surface area (Å²) in [6.45, 7) is 2.64. The first kappa shape index (κ1) is 18.9. The molecule has 22 heavy (non-hydrogen) atoms. The summed E-state index contributed by atoms with van der Waals surface area (Å²) in [4.78, 5) is 11.9. The number of nitrogens with one attached hydrogen (secondary N) is 1. The van der Waals surface area contributed by atoms with Gasteiger partial charge in [0.25, 0.3) is 0 Å². The molecule has 0 aliphatic heterocycles. The van der Waals surface area contributed by atoms with Crippen molar-refractivity contribution in [1.29, 1.82) is 0 Å². The maximum Gasteiger partial charge on any atom is 0.240 e. The summed E-state index contributed by atoms with van der Waals surface area (Å²) >= 11 is 3.37. The van der Waals surface area contributed by atoms with Crippen molar-refractivity contribution in [2.45, 2.75) is 13.3 Å². The van der Waals surface area contributed by atoms with E-state index in [0.717, 1.165) is 20.6 Å². The Kier molecular flexibility index (Phi) is 7.31. The zero-order valence-corrected chi connectivity index (χ0v) is 15.3. The number of carbonyl (C=O) groups is 1. The number of ether oxygens (including phenoxy) is 1. The Morgan fingerprint density at radius 3 is 2.64 bits per heavy atom. The molecule has 0 aliphatic carbocycles. The van der Waals surface area contributed by atoms with Gasteiger partial charge in [-0.15, -0.1) is 0 Å². The molecule has 1 aromatic rings. The van der Waals surface area contributed by atoms with Gasteiger partial charge in [0.1, 0.15) is 6.54 Å². The standard InChI is InChI=1S/C14H21BrN2O4S/c1-11-5-6-12(9-13(11)15)17(22(3,19)20)10-14(18)16-7-4-8-21-2/h5-6,9H,4,7-8,10H2,1-3H3,(H,16,18). The second-order valence-corrected chi connectivity index (χ2v) is 7.66. The number of carbonyl (C=O) groups excluding carboxylic acids is 1. The van der Waals surface area contributed by atoms with E-state index in [2.05, 4.69) is 21.2 Å². The zero-order chi connectivity index (χ0) is 16.8. The minimum Gasteiger partial charge on any atom is -0.385 e. The van der Waals surface area contributed by atoms with Crippen molar-refractivity contribution >= 4 is 37.5 Å². The first-order chi connectivity index (χ1) is 10.3. The zero-order valence-electron chi connectivity index (χ0n) is 12.9. The van der Waals surface area contributed by atoms with Gasteiger partial charge in [-0.1, -0.05) is 22.0 Å². The molecule has 1 N–H and O–H groups in total. The van der Waals surface area contributed by atoms with E-state index in [-0.39, 0.29) is 12.5 Å². The van der Waals surface area contributed by atoms with Gasteiger partial charge in [0, 0.05) is 24.7 Å². The fraction of sp³-hybridized carbons (Fsp3) is 0.500.